The molecule has 1 aliphatic rings. The van der Waals surface area contributed by atoms with Crippen molar-refractivity contribution < 1.29 is 5.11 Å². The molecule has 0 aromatic heterocycles. The van der Waals surface area contributed by atoms with Gasteiger partial charge >= 0.3 is 0 Å². The standard InChI is InChI=1S/C4H10N2.C4H10O/c1-2-6-4-3-5-1;1-2-3-4-5/h5-6H,1-4H2;5H,2-4H2,1H3. The first-order valence-electron chi connectivity index (χ1n) is 4.44. The number of hydrogen-bond acceptors (Lipinski definition) is 3. The Morgan fingerprint density at radius 3 is 1.64 bits per heavy atom. The maximum absolute atomic E-state index is 8.07. The Kier molecular flexibility index (Phi) is 9.77. The molecule has 1 rings (SSSR count). The van der Waals surface area contributed by atoms with Crippen LogP contribution in [0, 0.1) is 0 Å². The van der Waals surface area contributed by atoms with Crippen molar-refractivity contribution in [2.75, 3.05) is 32.8 Å². The second-order valence-electron chi connectivity index (χ2n) is 2.58. The lowest BCUT2D eigenvalue weighted by atomic mass is 10.4. The summed E-state index contributed by atoms with van der Waals surface area (Å²) < 4.78 is 0. The van der Waals surface area contributed by atoms with Crippen LogP contribution in [0.25, 0.3) is 0 Å². The highest BCUT2D eigenvalue weighted by molar-refractivity contribution is 4.59. The van der Waals surface area contributed by atoms with Gasteiger partial charge in [-0.05, 0) is 6.42 Å². The Balaban J connectivity index is 0.000000187. The molecule has 0 aliphatic carbocycles. The van der Waals surface area contributed by atoms with Crippen LogP contribution in [-0.2, 0) is 0 Å². The minimum absolute atomic E-state index is 0.344. The zero-order valence-corrected chi connectivity index (χ0v) is 7.40. The van der Waals surface area contributed by atoms with Gasteiger partial charge in [0.25, 0.3) is 0 Å². The van der Waals surface area contributed by atoms with Gasteiger partial charge in [0.1, 0.15) is 0 Å². The number of nitrogens with one attached hydrogen (secondary N) is 2. The van der Waals surface area contributed by atoms with Crippen LogP contribution >= 0.6 is 0 Å². The highest BCUT2D eigenvalue weighted by Crippen LogP contribution is 1.78. The van der Waals surface area contributed by atoms with Gasteiger partial charge in [0.2, 0.25) is 0 Å². The molecule has 1 fully saturated rings. The average Bonchev–Trinajstić information content (AvgIpc) is 2.10. The first-order chi connectivity index (χ1) is 5.41. The summed E-state index contributed by atoms with van der Waals surface area (Å²) >= 11 is 0. The molecule has 3 heteroatoms. The van der Waals surface area contributed by atoms with Crippen LogP contribution in [0.5, 0.6) is 0 Å². The third kappa shape index (κ3) is 9.88. The average molecular weight is 160 g/mol. The van der Waals surface area contributed by atoms with Crippen molar-refractivity contribution in [1.82, 2.24) is 10.6 Å². The third-order valence-corrected chi connectivity index (χ3v) is 1.47. The number of unbranched alkanes of at least 4 members (excludes halogenated alkanes) is 1. The van der Waals surface area contributed by atoms with Gasteiger partial charge in [-0.15, -0.1) is 0 Å². The van der Waals surface area contributed by atoms with Crippen LogP contribution in [0.3, 0.4) is 0 Å². The maximum Gasteiger partial charge on any atom is 0.0430 e. The molecule has 1 saturated heterocycles. The number of piperazine rings is 1. The molecule has 0 aromatic rings. The highest BCUT2D eigenvalue weighted by Gasteiger charge is 1.91. The van der Waals surface area contributed by atoms with Gasteiger partial charge < -0.3 is 15.7 Å². The van der Waals surface area contributed by atoms with Gasteiger partial charge in [-0.2, -0.15) is 0 Å². The Bertz CT molecular complexity index is 51.6. The summed E-state index contributed by atoms with van der Waals surface area (Å²) in [6, 6.07) is 0. The molecule has 0 unspecified atom stereocenters. The van der Waals surface area contributed by atoms with Crippen LogP contribution in [0.4, 0.5) is 0 Å². The monoisotopic (exact) mass is 160 g/mol. The molecular formula is C8H20N2O. The van der Waals surface area contributed by atoms with Gasteiger partial charge in [-0.1, -0.05) is 13.3 Å². The van der Waals surface area contributed by atoms with Crippen molar-refractivity contribution in [3.05, 3.63) is 0 Å². The van der Waals surface area contributed by atoms with Crippen molar-refractivity contribution in [3.8, 4) is 0 Å². The molecule has 1 heterocycles. The Hall–Kier alpha value is -0.120. The number of rotatable bonds is 2. The van der Waals surface area contributed by atoms with Gasteiger partial charge in [0.05, 0.1) is 0 Å². The van der Waals surface area contributed by atoms with Crippen molar-refractivity contribution >= 4 is 0 Å². The summed E-state index contributed by atoms with van der Waals surface area (Å²) in [7, 11) is 0. The van der Waals surface area contributed by atoms with Crippen molar-refractivity contribution in [3.63, 3.8) is 0 Å². The van der Waals surface area contributed by atoms with E-state index in [0.717, 1.165) is 39.0 Å². The summed E-state index contributed by atoms with van der Waals surface area (Å²) in [6.45, 7) is 6.95. The lowest BCUT2D eigenvalue weighted by molar-refractivity contribution is 0.287. The molecule has 0 bridgehead atoms. The quantitative estimate of drug-likeness (QED) is 0.531. The molecule has 0 radical (unpaired) electrons. The van der Waals surface area contributed by atoms with E-state index in [9.17, 15) is 0 Å². The summed E-state index contributed by atoms with van der Waals surface area (Å²) in [6.07, 6.45) is 2.04. The second-order valence-corrected chi connectivity index (χ2v) is 2.58. The molecule has 11 heavy (non-hydrogen) atoms. The highest BCUT2D eigenvalue weighted by atomic mass is 16.2. The van der Waals surface area contributed by atoms with E-state index in [4.69, 9.17) is 5.11 Å². The Morgan fingerprint density at radius 2 is 1.55 bits per heavy atom. The fraction of sp³-hybridized carbons (Fsp3) is 1.00. The second kappa shape index (κ2) is 9.88. The van der Waals surface area contributed by atoms with E-state index in [-0.39, 0.29) is 0 Å². The fourth-order valence-electron chi connectivity index (χ4n) is 0.762. The van der Waals surface area contributed by atoms with Crippen LogP contribution in [0.1, 0.15) is 19.8 Å². The molecule has 1 aliphatic heterocycles. The lowest BCUT2D eigenvalue weighted by Crippen LogP contribution is -2.39. The molecule has 0 saturated carbocycles. The Morgan fingerprint density at radius 1 is 1.09 bits per heavy atom. The summed E-state index contributed by atoms with van der Waals surface area (Å²) in [5.41, 5.74) is 0. The lowest BCUT2D eigenvalue weighted by Gasteiger charge is -2.11. The van der Waals surface area contributed by atoms with E-state index in [0.29, 0.717) is 6.61 Å². The molecule has 0 atom stereocenters. The maximum atomic E-state index is 8.07. The number of hydrogen-bond donors (Lipinski definition) is 3. The molecule has 68 valence electrons. The molecule has 3 nitrogen and oxygen atoms in total. The van der Waals surface area contributed by atoms with Crippen LogP contribution < -0.4 is 10.6 Å². The first kappa shape index (κ1) is 10.9. The first-order valence-corrected chi connectivity index (χ1v) is 4.44. The minimum Gasteiger partial charge on any atom is -0.396 e. The van der Waals surface area contributed by atoms with Gasteiger partial charge in [-0.25, -0.2) is 0 Å². The largest absolute Gasteiger partial charge is 0.396 e. The topological polar surface area (TPSA) is 44.3 Å². The molecule has 0 spiro atoms. The predicted molar refractivity (Wildman–Crippen MR) is 47.7 cm³/mol. The molecule has 0 amide bonds. The summed E-state index contributed by atoms with van der Waals surface area (Å²) in [5.74, 6) is 0. The third-order valence-electron chi connectivity index (χ3n) is 1.47. The normalized spacial score (nSPS) is 16.9. The minimum atomic E-state index is 0.344. The SMILES string of the molecule is C1CNCCN1.CCCCO. The zero-order chi connectivity index (χ0) is 8.36. The van der Waals surface area contributed by atoms with Gasteiger partial charge in [0, 0.05) is 32.8 Å². The van der Waals surface area contributed by atoms with Gasteiger partial charge in [-0.3, -0.25) is 0 Å². The smallest absolute Gasteiger partial charge is 0.0430 e. The summed E-state index contributed by atoms with van der Waals surface area (Å²) in [5, 5.41) is 14.5. The fourth-order valence-corrected chi connectivity index (χ4v) is 0.762. The van der Waals surface area contributed by atoms with Crippen LogP contribution in [0.15, 0.2) is 0 Å². The Labute approximate surface area is 69.2 Å². The van der Waals surface area contributed by atoms with E-state index in [1.165, 1.54) is 0 Å². The van der Waals surface area contributed by atoms with Crippen LogP contribution in [-0.4, -0.2) is 37.9 Å². The van der Waals surface area contributed by atoms with E-state index in [2.05, 4.69) is 17.6 Å². The van der Waals surface area contributed by atoms with E-state index in [1.54, 1.807) is 0 Å². The van der Waals surface area contributed by atoms with E-state index < -0.39 is 0 Å². The van der Waals surface area contributed by atoms with Crippen molar-refractivity contribution in [2.24, 2.45) is 0 Å². The number of aliphatic hydroxyl groups excluding tert-OH is 1. The molecule has 3 N–H and O–H groups in total. The van der Waals surface area contributed by atoms with Crippen LogP contribution in [0.2, 0.25) is 0 Å². The van der Waals surface area contributed by atoms with E-state index >= 15 is 0 Å². The van der Waals surface area contributed by atoms with Crippen molar-refractivity contribution in [1.29, 1.82) is 0 Å². The zero-order valence-electron chi connectivity index (χ0n) is 7.40. The van der Waals surface area contributed by atoms with Gasteiger partial charge in [0.15, 0.2) is 0 Å². The number of aliphatic hydroxyl groups is 1. The predicted octanol–water partition coefficient (Wildman–Crippen LogP) is -0.0420. The molecular weight excluding hydrogens is 140 g/mol. The summed E-state index contributed by atoms with van der Waals surface area (Å²) in [4.78, 5) is 0. The molecule has 0 aromatic carbocycles. The van der Waals surface area contributed by atoms with Crippen molar-refractivity contribution in [2.45, 2.75) is 19.8 Å². The van der Waals surface area contributed by atoms with E-state index in [1.807, 2.05) is 0 Å².